The lowest BCUT2D eigenvalue weighted by Crippen LogP contribution is -2.31. The van der Waals surface area contributed by atoms with Gasteiger partial charge in [0.15, 0.2) is 0 Å². The maximum Gasteiger partial charge on any atom is 0.374 e. The summed E-state index contributed by atoms with van der Waals surface area (Å²) in [5, 5.41) is 1.24. The molecule has 0 atom stereocenters. The summed E-state index contributed by atoms with van der Waals surface area (Å²) >= 11 is 11.9. The average molecular weight is 237 g/mol. The van der Waals surface area contributed by atoms with E-state index in [9.17, 15) is 0 Å². The Morgan fingerprint density at radius 1 is 1.15 bits per heavy atom. The minimum Gasteiger partial charge on any atom is -0.165 e. The maximum atomic E-state index is 5.97. The van der Waals surface area contributed by atoms with E-state index in [1.165, 1.54) is 5.10 Å². The van der Waals surface area contributed by atoms with Crippen LogP contribution in [0.3, 0.4) is 0 Å². The zero-order valence-corrected chi connectivity index (χ0v) is 11.9. The van der Waals surface area contributed by atoms with E-state index in [2.05, 4.69) is 46.5 Å². The molecule has 0 aliphatic heterocycles. The van der Waals surface area contributed by atoms with E-state index in [0.717, 1.165) is 0 Å². The Labute approximate surface area is 93.6 Å². The highest BCUT2D eigenvalue weighted by Crippen LogP contribution is 2.27. The Hall–Kier alpha value is 0.602. The molecule has 0 aliphatic rings. The smallest absolute Gasteiger partial charge is 0.165 e. The second kappa shape index (κ2) is 4.41. The standard InChI is InChI=1S/C9H19BCl2Si/c1-9(2,3)7-8(10(11)12)13(4,5)6/h7H,1-6H3/b8-7-. The summed E-state index contributed by atoms with van der Waals surface area (Å²) in [5.74, 6) is 0. The first-order valence-electron chi connectivity index (χ1n) is 4.55. The van der Waals surface area contributed by atoms with Gasteiger partial charge in [0.05, 0.1) is 8.07 Å². The predicted molar refractivity (Wildman–Crippen MR) is 68.3 cm³/mol. The van der Waals surface area contributed by atoms with Gasteiger partial charge in [-0.05, 0) is 5.41 Å². The van der Waals surface area contributed by atoms with E-state index in [4.69, 9.17) is 22.9 Å². The first-order valence-corrected chi connectivity index (χ1v) is 8.93. The minimum atomic E-state index is -1.36. The van der Waals surface area contributed by atoms with Crippen LogP contribution in [0, 0.1) is 5.41 Å². The van der Waals surface area contributed by atoms with Crippen LogP contribution in [-0.2, 0) is 0 Å². The van der Waals surface area contributed by atoms with Crippen molar-refractivity contribution >= 4 is 36.5 Å². The molecular formula is C9H19BCl2Si. The van der Waals surface area contributed by atoms with E-state index >= 15 is 0 Å². The fourth-order valence-corrected chi connectivity index (χ4v) is 4.68. The number of hydrogen-bond donors (Lipinski definition) is 0. The SMILES string of the molecule is CC(C)(C)/C=C(/B(Cl)Cl)[Si](C)(C)C. The third-order valence-electron chi connectivity index (χ3n) is 1.69. The molecule has 0 aromatic carbocycles. The van der Waals surface area contributed by atoms with Crippen molar-refractivity contribution in [3.63, 3.8) is 0 Å². The highest BCUT2D eigenvalue weighted by atomic mass is 35.5. The summed E-state index contributed by atoms with van der Waals surface area (Å²) in [6, 6.07) is 0. The van der Waals surface area contributed by atoms with Crippen LogP contribution in [0.25, 0.3) is 0 Å². The summed E-state index contributed by atoms with van der Waals surface area (Å²) in [6.45, 7) is 13.3. The van der Waals surface area contributed by atoms with Gasteiger partial charge in [-0.2, -0.15) is 22.9 Å². The first kappa shape index (κ1) is 13.6. The Balaban J connectivity index is 4.95. The quantitative estimate of drug-likeness (QED) is 0.626. The first-order chi connectivity index (χ1) is 5.54. The van der Waals surface area contributed by atoms with Crippen molar-refractivity contribution in [2.45, 2.75) is 40.4 Å². The molecule has 0 fully saturated rings. The van der Waals surface area contributed by atoms with Gasteiger partial charge in [-0.3, -0.25) is 0 Å². The van der Waals surface area contributed by atoms with Gasteiger partial charge in [-0.25, -0.2) is 0 Å². The topological polar surface area (TPSA) is 0 Å². The summed E-state index contributed by atoms with van der Waals surface area (Å²) in [6.07, 6.45) is 2.23. The van der Waals surface area contributed by atoms with Crippen molar-refractivity contribution < 1.29 is 0 Å². The van der Waals surface area contributed by atoms with Crippen LogP contribution < -0.4 is 0 Å². The average Bonchev–Trinajstić information content (AvgIpc) is 1.77. The lowest BCUT2D eigenvalue weighted by molar-refractivity contribution is 0.543. The van der Waals surface area contributed by atoms with E-state index < -0.39 is 8.07 Å². The van der Waals surface area contributed by atoms with Gasteiger partial charge in [-0.15, -0.1) is 0 Å². The van der Waals surface area contributed by atoms with Gasteiger partial charge < -0.3 is 0 Å². The molecule has 0 nitrogen and oxygen atoms in total. The molecule has 0 N–H and O–H groups in total. The molecule has 0 saturated carbocycles. The van der Waals surface area contributed by atoms with E-state index in [1.807, 2.05) is 0 Å². The predicted octanol–water partition coefficient (Wildman–Crippen LogP) is 4.34. The molecule has 0 saturated heterocycles. The minimum absolute atomic E-state index is 0.164. The molecule has 0 aromatic rings. The van der Waals surface area contributed by atoms with Gasteiger partial charge in [0.2, 0.25) is 0 Å². The lowest BCUT2D eigenvalue weighted by atomic mass is 9.91. The van der Waals surface area contributed by atoms with Crippen LogP contribution in [0.5, 0.6) is 0 Å². The number of rotatable bonds is 2. The van der Waals surface area contributed by atoms with Crippen molar-refractivity contribution in [2.75, 3.05) is 0 Å². The molecule has 0 aliphatic carbocycles. The fraction of sp³-hybridized carbons (Fsp3) is 0.778. The highest BCUT2D eigenvalue weighted by Gasteiger charge is 2.28. The summed E-state index contributed by atoms with van der Waals surface area (Å²) in [4.78, 5) is 0. The van der Waals surface area contributed by atoms with Crippen molar-refractivity contribution in [3.05, 3.63) is 11.2 Å². The van der Waals surface area contributed by atoms with Crippen LogP contribution in [0.15, 0.2) is 11.2 Å². The van der Waals surface area contributed by atoms with Crippen LogP contribution in [0.1, 0.15) is 20.8 Å². The number of allylic oxidation sites excluding steroid dienone is 1. The Morgan fingerprint density at radius 2 is 1.54 bits per heavy atom. The molecule has 0 bridgehead atoms. The zero-order valence-electron chi connectivity index (χ0n) is 9.41. The molecule has 76 valence electrons. The molecule has 0 rings (SSSR count). The van der Waals surface area contributed by atoms with Gasteiger partial charge in [-0.1, -0.05) is 51.6 Å². The third-order valence-corrected chi connectivity index (χ3v) is 4.69. The molecule has 0 spiro atoms. The van der Waals surface area contributed by atoms with Crippen molar-refractivity contribution in [1.29, 1.82) is 0 Å². The largest absolute Gasteiger partial charge is 0.374 e. The van der Waals surface area contributed by atoms with Crippen LogP contribution in [0.2, 0.25) is 19.6 Å². The Kier molecular flexibility index (Phi) is 4.62. The monoisotopic (exact) mass is 236 g/mol. The highest BCUT2D eigenvalue weighted by molar-refractivity contribution is 7.41. The fourth-order valence-electron chi connectivity index (χ4n) is 1.07. The molecule has 0 radical (unpaired) electrons. The Morgan fingerprint density at radius 3 is 1.62 bits per heavy atom. The molecule has 4 heteroatoms. The molecule has 0 aromatic heterocycles. The summed E-state index contributed by atoms with van der Waals surface area (Å²) < 4.78 is 0. The van der Waals surface area contributed by atoms with Gasteiger partial charge in [0.25, 0.3) is 0 Å². The summed E-state index contributed by atoms with van der Waals surface area (Å²) in [7, 11) is -1.36. The van der Waals surface area contributed by atoms with Crippen LogP contribution >= 0.6 is 22.9 Å². The van der Waals surface area contributed by atoms with Crippen molar-refractivity contribution in [3.8, 4) is 0 Å². The van der Waals surface area contributed by atoms with E-state index in [-0.39, 0.29) is 11.0 Å². The van der Waals surface area contributed by atoms with E-state index in [0.29, 0.717) is 0 Å². The van der Waals surface area contributed by atoms with Gasteiger partial charge >= 0.3 is 5.54 Å². The summed E-state index contributed by atoms with van der Waals surface area (Å²) in [5.41, 5.74) is -0.177. The second-order valence-corrected chi connectivity index (χ2v) is 11.7. The van der Waals surface area contributed by atoms with Crippen molar-refractivity contribution in [1.82, 2.24) is 0 Å². The van der Waals surface area contributed by atoms with E-state index in [1.54, 1.807) is 0 Å². The molecule has 0 unspecified atom stereocenters. The van der Waals surface area contributed by atoms with Gasteiger partial charge in [0, 0.05) is 0 Å². The molecule has 0 heterocycles. The molecule has 0 amide bonds. The van der Waals surface area contributed by atoms with Gasteiger partial charge in [0.1, 0.15) is 0 Å². The third kappa shape index (κ3) is 5.82. The van der Waals surface area contributed by atoms with Crippen molar-refractivity contribution in [2.24, 2.45) is 5.41 Å². The normalized spacial score (nSPS) is 14.6. The number of halogens is 2. The second-order valence-electron chi connectivity index (χ2n) is 5.52. The Bertz CT molecular complexity index is 199. The van der Waals surface area contributed by atoms with Crippen LogP contribution in [0.4, 0.5) is 0 Å². The maximum absolute atomic E-state index is 5.97. The van der Waals surface area contributed by atoms with Crippen LogP contribution in [-0.4, -0.2) is 13.6 Å². The zero-order chi connectivity index (χ0) is 10.9. The molecular weight excluding hydrogens is 218 g/mol. The lowest BCUT2D eigenvalue weighted by Gasteiger charge is -2.25. The molecule has 13 heavy (non-hydrogen) atoms. The number of hydrogen-bond acceptors (Lipinski definition) is 0.